The van der Waals surface area contributed by atoms with E-state index in [4.69, 9.17) is 0 Å². The SMILES string of the molecule is CCCNC(=O)C(C)C(C)=O. The van der Waals surface area contributed by atoms with Gasteiger partial charge in [0, 0.05) is 6.54 Å². The molecule has 0 heterocycles. The summed E-state index contributed by atoms with van der Waals surface area (Å²) < 4.78 is 0. The van der Waals surface area contributed by atoms with Gasteiger partial charge in [0.15, 0.2) is 0 Å². The zero-order valence-corrected chi connectivity index (χ0v) is 7.31. The first-order valence-corrected chi connectivity index (χ1v) is 3.87. The molecule has 11 heavy (non-hydrogen) atoms. The first-order chi connectivity index (χ1) is 5.09. The van der Waals surface area contributed by atoms with Crippen LogP contribution in [0, 0.1) is 5.92 Å². The third-order valence-electron chi connectivity index (χ3n) is 1.55. The summed E-state index contributed by atoms with van der Waals surface area (Å²) in [5.41, 5.74) is 0. The van der Waals surface area contributed by atoms with E-state index < -0.39 is 5.92 Å². The molecule has 3 heteroatoms. The third-order valence-corrected chi connectivity index (χ3v) is 1.55. The van der Waals surface area contributed by atoms with Gasteiger partial charge >= 0.3 is 0 Å². The standard InChI is InChI=1S/C8H15NO2/c1-4-5-9-8(11)6(2)7(3)10/h6H,4-5H2,1-3H3,(H,9,11). The first-order valence-electron chi connectivity index (χ1n) is 3.87. The van der Waals surface area contributed by atoms with Crippen molar-refractivity contribution in [3.05, 3.63) is 0 Å². The Balaban J connectivity index is 3.74. The van der Waals surface area contributed by atoms with E-state index in [9.17, 15) is 9.59 Å². The van der Waals surface area contributed by atoms with E-state index in [-0.39, 0.29) is 11.7 Å². The highest BCUT2D eigenvalue weighted by molar-refractivity contribution is 5.99. The fourth-order valence-electron chi connectivity index (χ4n) is 0.586. The molecule has 0 bridgehead atoms. The van der Waals surface area contributed by atoms with Crippen molar-refractivity contribution in [1.82, 2.24) is 5.32 Å². The maximum absolute atomic E-state index is 11.0. The fraction of sp³-hybridized carbons (Fsp3) is 0.750. The highest BCUT2D eigenvalue weighted by Gasteiger charge is 2.15. The predicted octanol–water partition coefficient (Wildman–Crippen LogP) is 0.738. The summed E-state index contributed by atoms with van der Waals surface area (Å²) in [7, 11) is 0. The molecule has 0 aromatic carbocycles. The van der Waals surface area contributed by atoms with Gasteiger partial charge in [0.1, 0.15) is 5.78 Å². The Labute approximate surface area is 67.2 Å². The first kappa shape index (κ1) is 10.1. The van der Waals surface area contributed by atoms with Gasteiger partial charge in [0.25, 0.3) is 0 Å². The van der Waals surface area contributed by atoms with Crippen molar-refractivity contribution < 1.29 is 9.59 Å². The Bertz CT molecular complexity index is 154. The molecule has 1 unspecified atom stereocenters. The maximum Gasteiger partial charge on any atom is 0.230 e. The number of Topliss-reactive ketones (excluding diaryl/α,β-unsaturated/α-hetero) is 1. The number of carbonyl (C=O) groups excluding carboxylic acids is 2. The molecule has 0 aliphatic rings. The van der Waals surface area contributed by atoms with Gasteiger partial charge in [-0.25, -0.2) is 0 Å². The van der Waals surface area contributed by atoms with Crippen molar-refractivity contribution in [1.29, 1.82) is 0 Å². The van der Waals surface area contributed by atoms with Gasteiger partial charge < -0.3 is 5.32 Å². The molecule has 0 saturated carbocycles. The Kier molecular flexibility index (Phi) is 4.50. The van der Waals surface area contributed by atoms with E-state index in [1.165, 1.54) is 6.92 Å². The monoisotopic (exact) mass is 157 g/mol. The van der Waals surface area contributed by atoms with Crippen molar-refractivity contribution in [3.8, 4) is 0 Å². The molecule has 0 spiro atoms. The molecule has 0 rings (SSSR count). The number of carbonyl (C=O) groups is 2. The Hall–Kier alpha value is -0.860. The summed E-state index contributed by atoms with van der Waals surface area (Å²) in [5, 5.41) is 2.65. The highest BCUT2D eigenvalue weighted by Crippen LogP contribution is 1.95. The molecule has 0 fully saturated rings. The number of hydrogen-bond donors (Lipinski definition) is 1. The van der Waals surface area contributed by atoms with E-state index in [1.54, 1.807) is 6.92 Å². The van der Waals surface area contributed by atoms with Crippen LogP contribution in [0.25, 0.3) is 0 Å². The Morgan fingerprint density at radius 3 is 2.36 bits per heavy atom. The van der Waals surface area contributed by atoms with E-state index in [0.717, 1.165) is 6.42 Å². The summed E-state index contributed by atoms with van der Waals surface area (Å²) in [6.45, 7) is 5.67. The molecular formula is C8H15NO2. The summed E-state index contributed by atoms with van der Waals surface area (Å²) in [6, 6.07) is 0. The zero-order chi connectivity index (χ0) is 8.85. The lowest BCUT2D eigenvalue weighted by molar-refractivity contribution is -0.132. The lowest BCUT2D eigenvalue weighted by Gasteiger charge is -2.07. The van der Waals surface area contributed by atoms with Crippen molar-refractivity contribution in [2.75, 3.05) is 6.54 Å². The van der Waals surface area contributed by atoms with Crippen LogP contribution in [0.3, 0.4) is 0 Å². The van der Waals surface area contributed by atoms with Gasteiger partial charge in [-0.1, -0.05) is 6.92 Å². The van der Waals surface area contributed by atoms with Gasteiger partial charge in [-0.2, -0.15) is 0 Å². The minimum atomic E-state index is -0.499. The predicted molar refractivity (Wildman–Crippen MR) is 43.1 cm³/mol. The van der Waals surface area contributed by atoms with Crippen LogP contribution in [0.5, 0.6) is 0 Å². The van der Waals surface area contributed by atoms with E-state index >= 15 is 0 Å². The van der Waals surface area contributed by atoms with Crippen LogP contribution < -0.4 is 5.32 Å². The second-order valence-corrected chi connectivity index (χ2v) is 2.62. The zero-order valence-electron chi connectivity index (χ0n) is 7.31. The summed E-state index contributed by atoms with van der Waals surface area (Å²) in [4.78, 5) is 21.7. The van der Waals surface area contributed by atoms with Gasteiger partial charge in [-0.15, -0.1) is 0 Å². The average molecular weight is 157 g/mol. The largest absolute Gasteiger partial charge is 0.355 e. The maximum atomic E-state index is 11.0. The molecule has 0 aromatic heterocycles. The average Bonchev–Trinajstić information content (AvgIpc) is 1.98. The quantitative estimate of drug-likeness (QED) is 0.612. The van der Waals surface area contributed by atoms with Crippen molar-refractivity contribution in [3.63, 3.8) is 0 Å². The van der Waals surface area contributed by atoms with E-state index in [0.29, 0.717) is 6.54 Å². The van der Waals surface area contributed by atoms with E-state index in [2.05, 4.69) is 5.32 Å². The number of amides is 1. The Morgan fingerprint density at radius 2 is 2.00 bits per heavy atom. The molecule has 0 saturated heterocycles. The normalized spacial score (nSPS) is 12.3. The number of rotatable bonds is 4. The molecule has 0 aliphatic carbocycles. The molecule has 0 aromatic rings. The molecule has 1 N–H and O–H groups in total. The number of ketones is 1. The van der Waals surface area contributed by atoms with Gasteiger partial charge in [0.2, 0.25) is 5.91 Å². The van der Waals surface area contributed by atoms with Crippen LogP contribution in [0.1, 0.15) is 27.2 Å². The molecule has 0 aliphatic heterocycles. The van der Waals surface area contributed by atoms with Crippen LogP contribution in [-0.4, -0.2) is 18.2 Å². The minimum absolute atomic E-state index is 0.0846. The van der Waals surface area contributed by atoms with Crippen molar-refractivity contribution in [2.24, 2.45) is 5.92 Å². The summed E-state index contributed by atoms with van der Waals surface area (Å²) in [5.74, 6) is -0.750. The molecule has 1 atom stereocenters. The molecule has 64 valence electrons. The number of nitrogens with one attached hydrogen (secondary N) is 1. The van der Waals surface area contributed by atoms with Crippen molar-refractivity contribution >= 4 is 11.7 Å². The van der Waals surface area contributed by atoms with Gasteiger partial charge in [0.05, 0.1) is 5.92 Å². The summed E-state index contributed by atoms with van der Waals surface area (Å²) >= 11 is 0. The summed E-state index contributed by atoms with van der Waals surface area (Å²) in [6.07, 6.45) is 0.899. The minimum Gasteiger partial charge on any atom is -0.355 e. The second kappa shape index (κ2) is 4.88. The Morgan fingerprint density at radius 1 is 1.45 bits per heavy atom. The molecule has 0 radical (unpaired) electrons. The number of hydrogen-bond acceptors (Lipinski definition) is 2. The van der Waals surface area contributed by atoms with Crippen LogP contribution in [0.15, 0.2) is 0 Å². The molecule has 3 nitrogen and oxygen atoms in total. The van der Waals surface area contributed by atoms with Crippen LogP contribution >= 0.6 is 0 Å². The smallest absolute Gasteiger partial charge is 0.230 e. The van der Waals surface area contributed by atoms with Crippen LogP contribution in [0.4, 0.5) is 0 Å². The lowest BCUT2D eigenvalue weighted by atomic mass is 10.1. The molecule has 1 amide bonds. The lowest BCUT2D eigenvalue weighted by Crippen LogP contribution is -2.33. The highest BCUT2D eigenvalue weighted by atomic mass is 16.2. The van der Waals surface area contributed by atoms with Crippen LogP contribution in [-0.2, 0) is 9.59 Å². The topological polar surface area (TPSA) is 46.2 Å². The van der Waals surface area contributed by atoms with Gasteiger partial charge in [-0.3, -0.25) is 9.59 Å². The molecular weight excluding hydrogens is 142 g/mol. The van der Waals surface area contributed by atoms with Crippen molar-refractivity contribution in [2.45, 2.75) is 27.2 Å². The van der Waals surface area contributed by atoms with Gasteiger partial charge in [-0.05, 0) is 20.3 Å². The van der Waals surface area contributed by atoms with Crippen LogP contribution in [0.2, 0.25) is 0 Å². The fourth-order valence-corrected chi connectivity index (χ4v) is 0.586. The van der Waals surface area contributed by atoms with E-state index in [1.807, 2.05) is 6.92 Å². The second-order valence-electron chi connectivity index (χ2n) is 2.62. The third kappa shape index (κ3) is 3.75.